The monoisotopic (exact) mass is 224 g/mol. The Morgan fingerprint density at radius 3 is 3.00 bits per heavy atom. The number of hydrogen-bond donors (Lipinski definition) is 1. The lowest BCUT2D eigenvalue weighted by Gasteiger charge is -2.26. The van der Waals surface area contributed by atoms with Crippen molar-refractivity contribution in [2.45, 2.75) is 46.1 Å². The van der Waals surface area contributed by atoms with E-state index in [1.54, 1.807) is 0 Å². The molecule has 1 aliphatic heterocycles. The molecule has 0 aromatic carbocycles. The summed E-state index contributed by atoms with van der Waals surface area (Å²) in [6.07, 6.45) is 3.45. The average molecular weight is 224 g/mol. The topological polar surface area (TPSA) is 24.9 Å². The first kappa shape index (κ1) is 11.1. The number of aryl methyl sites for hydroxylation is 1. The van der Waals surface area contributed by atoms with E-state index in [9.17, 15) is 0 Å². The second-order valence-electron chi connectivity index (χ2n) is 4.59. The maximum Gasteiger partial charge on any atom is 0.0931 e. The maximum absolute atomic E-state index is 4.75. The van der Waals surface area contributed by atoms with Gasteiger partial charge in [-0.2, -0.15) is 0 Å². The molecule has 84 valence electrons. The van der Waals surface area contributed by atoms with Crippen molar-refractivity contribution in [1.29, 1.82) is 0 Å². The third-order valence-electron chi connectivity index (χ3n) is 2.91. The minimum atomic E-state index is 0.539. The molecule has 1 aliphatic rings. The van der Waals surface area contributed by atoms with Crippen LogP contribution in [0.2, 0.25) is 0 Å². The molecule has 1 atom stereocenters. The highest BCUT2D eigenvalue weighted by molar-refractivity contribution is 7.11. The number of nitrogens with zero attached hydrogens (tertiary/aromatic N) is 1. The summed E-state index contributed by atoms with van der Waals surface area (Å²) in [7, 11) is 0. The Kier molecular flexibility index (Phi) is 3.42. The summed E-state index contributed by atoms with van der Waals surface area (Å²) in [4.78, 5) is 6.25. The van der Waals surface area contributed by atoms with E-state index in [-0.39, 0.29) is 0 Å². The predicted molar refractivity (Wildman–Crippen MR) is 65.4 cm³/mol. The van der Waals surface area contributed by atoms with Crippen molar-refractivity contribution in [3.05, 3.63) is 15.6 Å². The van der Waals surface area contributed by atoms with Gasteiger partial charge >= 0.3 is 0 Å². The van der Waals surface area contributed by atoms with E-state index in [1.807, 2.05) is 11.3 Å². The summed E-state index contributed by atoms with van der Waals surface area (Å²) < 4.78 is 0. The molecule has 15 heavy (non-hydrogen) atoms. The third-order valence-corrected chi connectivity index (χ3v) is 4.15. The van der Waals surface area contributed by atoms with Crippen molar-refractivity contribution in [3.63, 3.8) is 0 Å². The summed E-state index contributed by atoms with van der Waals surface area (Å²) in [5.41, 5.74) is 1.36. The number of hydrogen-bond acceptors (Lipinski definition) is 3. The minimum absolute atomic E-state index is 0.539. The highest BCUT2D eigenvalue weighted by Gasteiger charge is 2.25. The molecular formula is C12H20N2S. The van der Waals surface area contributed by atoms with E-state index in [2.05, 4.69) is 26.1 Å². The van der Waals surface area contributed by atoms with Crippen molar-refractivity contribution in [3.8, 4) is 0 Å². The van der Waals surface area contributed by atoms with Crippen LogP contribution in [-0.4, -0.2) is 11.5 Å². The summed E-state index contributed by atoms with van der Waals surface area (Å²) in [6, 6.07) is 0.539. The molecule has 0 unspecified atom stereocenters. The zero-order valence-corrected chi connectivity index (χ0v) is 10.7. The number of aromatic nitrogens is 1. The van der Waals surface area contributed by atoms with Gasteiger partial charge in [-0.05, 0) is 18.8 Å². The van der Waals surface area contributed by atoms with Gasteiger partial charge < -0.3 is 5.32 Å². The van der Waals surface area contributed by atoms with Crippen molar-refractivity contribution in [1.82, 2.24) is 10.3 Å². The lowest BCUT2D eigenvalue weighted by Crippen LogP contribution is -2.32. The fourth-order valence-electron chi connectivity index (χ4n) is 2.13. The van der Waals surface area contributed by atoms with Crippen LogP contribution < -0.4 is 5.32 Å². The van der Waals surface area contributed by atoms with E-state index in [4.69, 9.17) is 4.98 Å². The molecule has 0 amide bonds. The fourth-order valence-corrected chi connectivity index (χ4v) is 3.60. The van der Waals surface area contributed by atoms with Crippen LogP contribution in [-0.2, 0) is 12.8 Å². The first-order chi connectivity index (χ1) is 7.22. The molecule has 2 rings (SSSR count). The Balaban J connectivity index is 2.26. The number of thiazole rings is 1. The lowest BCUT2D eigenvalue weighted by molar-refractivity contribution is 0.399. The van der Waals surface area contributed by atoms with Gasteiger partial charge in [-0.25, -0.2) is 4.98 Å². The predicted octanol–water partition coefficient (Wildman–Crippen LogP) is 2.94. The first-order valence-corrected chi connectivity index (χ1v) is 6.76. The van der Waals surface area contributed by atoms with Gasteiger partial charge in [0.15, 0.2) is 0 Å². The van der Waals surface area contributed by atoms with E-state index < -0.39 is 0 Å². The molecule has 3 heteroatoms. The maximum atomic E-state index is 4.75. The van der Waals surface area contributed by atoms with Crippen LogP contribution in [0, 0.1) is 5.92 Å². The first-order valence-electron chi connectivity index (χ1n) is 5.94. The van der Waals surface area contributed by atoms with E-state index >= 15 is 0 Å². The molecule has 0 fully saturated rings. The molecule has 2 heterocycles. The quantitative estimate of drug-likeness (QED) is 0.854. The van der Waals surface area contributed by atoms with Gasteiger partial charge in [0.05, 0.1) is 10.7 Å². The Bertz CT molecular complexity index is 330. The van der Waals surface area contributed by atoms with Crippen molar-refractivity contribution in [2.24, 2.45) is 5.92 Å². The second-order valence-corrected chi connectivity index (χ2v) is 5.71. The van der Waals surface area contributed by atoms with Gasteiger partial charge in [-0.15, -0.1) is 11.3 Å². The summed E-state index contributed by atoms with van der Waals surface area (Å²) in [5, 5.41) is 4.93. The highest BCUT2D eigenvalue weighted by Crippen LogP contribution is 2.33. The summed E-state index contributed by atoms with van der Waals surface area (Å²) in [6.45, 7) is 7.88. The number of rotatable bonds is 3. The van der Waals surface area contributed by atoms with Gasteiger partial charge in [0.25, 0.3) is 0 Å². The smallest absolute Gasteiger partial charge is 0.0931 e. The normalized spacial score (nSPS) is 20.7. The minimum Gasteiger partial charge on any atom is -0.309 e. The number of fused-ring (bicyclic) bond motifs is 1. The molecular weight excluding hydrogens is 204 g/mol. The molecule has 0 radical (unpaired) electrons. The molecule has 0 spiro atoms. The number of nitrogens with one attached hydrogen (secondary N) is 1. The molecule has 0 saturated heterocycles. The molecule has 0 saturated carbocycles. The van der Waals surface area contributed by atoms with Gasteiger partial charge in [0, 0.05) is 23.9 Å². The molecule has 2 nitrogen and oxygen atoms in total. The van der Waals surface area contributed by atoms with Crippen LogP contribution >= 0.6 is 11.3 Å². The zero-order valence-electron chi connectivity index (χ0n) is 9.84. The largest absolute Gasteiger partial charge is 0.309 e. The SMILES string of the molecule is CCCc1nc2c(s1)[C@H](C(C)C)NCC2. The van der Waals surface area contributed by atoms with Gasteiger partial charge in [0.1, 0.15) is 0 Å². The van der Waals surface area contributed by atoms with Gasteiger partial charge in [-0.3, -0.25) is 0 Å². The van der Waals surface area contributed by atoms with Gasteiger partial charge in [-0.1, -0.05) is 20.8 Å². The Morgan fingerprint density at radius 1 is 1.53 bits per heavy atom. The summed E-state index contributed by atoms with van der Waals surface area (Å²) in [5.74, 6) is 0.666. The summed E-state index contributed by atoms with van der Waals surface area (Å²) >= 11 is 1.92. The van der Waals surface area contributed by atoms with Crippen LogP contribution in [0.15, 0.2) is 0 Å². The average Bonchev–Trinajstić information content (AvgIpc) is 2.59. The third kappa shape index (κ3) is 2.23. The fraction of sp³-hybridized carbons (Fsp3) is 0.750. The molecule has 1 aromatic rings. The van der Waals surface area contributed by atoms with Crippen LogP contribution in [0.25, 0.3) is 0 Å². The second kappa shape index (κ2) is 4.62. The molecule has 0 aliphatic carbocycles. The van der Waals surface area contributed by atoms with Gasteiger partial charge in [0.2, 0.25) is 0 Å². The lowest BCUT2D eigenvalue weighted by atomic mass is 9.98. The molecule has 1 N–H and O–H groups in total. The van der Waals surface area contributed by atoms with Crippen molar-refractivity contribution in [2.75, 3.05) is 6.54 Å². The Morgan fingerprint density at radius 2 is 2.33 bits per heavy atom. The van der Waals surface area contributed by atoms with Crippen molar-refractivity contribution < 1.29 is 0 Å². The van der Waals surface area contributed by atoms with E-state index in [0.717, 1.165) is 19.4 Å². The molecule has 1 aromatic heterocycles. The zero-order chi connectivity index (χ0) is 10.8. The standard InChI is InChI=1S/C12H20N2S/c1-4-5-10-14-9-6-7-13-11(8(2)3)12(9)15-10/h8,11,13H,4-7H2,1-3H3/t11-/m0/s1. The molecule has 0 bridgehead atoms. The highest BCUT2D eigenvalue weighted by atomic mass is 32.1. The van der Waals surface area contributed by atoms with Crippen molar-refractivity contribution >= 4 is 11.3 Å². The van der Waals surface area contributed by atoms with Crippen LogP contribution in [0.5, 0.6) is 0 Å². The Hall–Kier alpha value is -0.410. The Labute approximate surface area is 96.1 Å². The van der Waals surface area contributed by atoms with E-state index in [1.165, 1.54) is 22.0 Å². The van der Waals surface area contributed by atoms with E-state index in [0.29, 0.717) is 12.0 Å². The van der Waals surface area contributed by atoms with Crippen LogP contribution in [0.3, 0.4) is 0 Å². The van der Waals surface area contributed by atoms with Crippen LogP contribution in [0.1, 0.15) is 48.8 Å². The van der Waals surface area contributed by atoms with Crippen LogP contribution in [0.4, 0.5) is 0 Å².